The van der Waals surface area contributed by atoms with Gasteiger partial charge in [-0.1, -0.05) is 42.1 Å². The molecular formula is C18H14FN3OS. The molecule has 0 fully saturated rings. The van der Waals surface area contributed by atoms with E-state index in [1.54, 1.807) is 18.5 Å². The van der Waals surface area contributed by atoms with E-state index in [1.807, 2.05) is 30.3 Å². The van der Waals surface area contributed by atoms with Gasteiger partial charge in [0.15, 0.2) is 5.16 Å². The van der Waals surface area contributed by atoms with Crippen LogP contribution in [0.2, 0.25) is 0 Å². The highest BCUT2D eigenvalue weighted by atomic mass is 32.2. The molecule has 24 heavy (non-hydrogen) atoms. The monoisotopic (exact) mass is 339 g/mol. The molecular weight excluding hydrogens is 325 g/mol. The quantitative estimate of drug-likeness (QED) is 0.562. The van der Waals surface area contributed by atoms with E-state index in [4.69, 9.17) is 0 Å². The van der Waals surface area contributed by atoms with E-state index in [-0.39, 0.29) is 11.7 Å². The van der Waals surface area contributed by atoms with Crippen LogP contribution in [0, 0.1) is 5.82 Å². The minimum absolute atomic E-state index is 0.217. The predicted molar refractivity (Wildman–Crippen MR) is 92.1 cm³/mol. The fourth-order valence-corrected chi connectivity index (χ4v) is 3.01. The number of anilines is 1. The molecule has 1 N–H and O–H groups in total. The van der Waals surface area contributed by atoms with Gasteiger partial charge in [-0.05, 0) is 35.9 Å². The molecule has 3 rings (SSSR count). The van der Waals surface area contributed by atoms with Gasteiger partial charge in [0.2, 0.25) is 5.91 Å². The number of hydrogen-bond donors (Lipinski definition) is 1. The third kappa shape index (κ3) is 4.17. The maximum Gasteiger partial charge on any atom is 0.242 e. The highest BCUT2D eigenvalue weighted by Gasteiger charge is 2.23. The molecule has 0 aliphatic carbocycles. The number of hydrogen-bond acceptors (Lipinski definition) is 4. The van der Waals surface area contributed by atoms with Gasteiger partial charge in [-0.2, -0.15) is 0 Å². The molecule has 3 aromatic rings. The van der Waals surface area contributed by atoms with Gasteiger partial charge in [0.1, 0.15) is 11.1 Å². The van der Waals surface area contributed by atoms with Gasteiger partial charge in [0.05, 0.1) is 0 Å². The van der Waals surface area contributed by atoms with E-state index in [9.17, 15) is 9.18 Å². The number of nitrogens with zero attached hydrogens (tertiary/aromatic N) is 2. The summed E-state index contributed by atoms with van der Waals surface area (Å²) in [5.74, 6) is -0.565. The highest BCUT2D eigenvalue weighted by Crippen LogP contribution is 2.34. The van der Waals surface area contributed by atoms with Crippen LogP contribution in [0.15, 0.2) is 78.2 Å². The van der Waals surface area contributed by atoms with E-state index in [1.165, 1.54) is 36.0 Å². The Hall–Kier alpha value is -2.73. The standard InChI is InChI=1S/C18H14FN3OS/c19-14-7-9-15(10-8-14)22-17(23)16(13-5-2-1-3-6-13)24-18-20-11-4-12-21-18/h1-12,16H,(H,22,23)/t16-/m1/s1. The Morgan fingerprint density at radius 1 is 0.958 bits per heavy atom. The summed E-state index contributed by atoms with van der Waals surface area (Å²) < 4.78 is 13.0. The van der Waals surface area contributed by atoms with Crippen molar-refractivity contribution in [3.63, 3.8) is 0 Å². The Kier molecular flexibility index (Phi) is 5.18. The molecule has 1 amide bonds. The number of carbonyl (C=O) groups excluding carboxylic acids is 1. The van der Waals surface area contributed by atoms with E-state index < -0.39 is 5.25 Å². The Morgan fingerprint density at radius 3 is 2.29 bits per heavy atom. The van der Waals surface area contributed by atoms with Crippen molar-refractivity contribution < 1.29 is 9.18 Å². The van der Waals surface area contributed by atoms with Crippen LogP contribution in [0.4, 0.5) is 10.1 Å². The molecule has 0 saturated carbocycles. The lowest BCUT2D eigenvalue weighted by molar-refractivity contribution is -0.115. The summed E-state index contributed by atoms with van der Waals surface area (Å²) >= 11 is 1.26. The average Bonchev–Trinajstić information content (AvgIpc) is 2.63. The molecule has 0 radical (unpaired) electrons. The van der Waals surface area contributed by atoms with Gasteiger partial charge in [-0.25, -0.2) is 14.4 Å². The number of nitrogens with one attached hydrogen (secondary N) is 1. The van der Waals surface area contributed by atoms with Crippen molar-refractivity contribution in [2.24, 2.45) is 0 Å². The van der Waals surface area contributed by atoms with Crippen molar-refractivity contribution in [1.29, 1.82) is 0 Å². The second kappa shape index (κ2) is 7.70. The van der Waals surface area contributed by atoms with E-state index >= 15 is 0 Å². The predicted octanol–water partition coefficient (Wildman–Crippen LogP) is 4.09. The van der Waals surface area contributed by atoms with Gasteiger partial charge in [0, 0.05) is 18.1 Å². The summed E-state index contributed by atoms with van der Waals surface area (Å²) in [5, 5.41) is 2.81. The summed E-state index contributed by atoms with van der Waals surface area (Å²) in [4.78, 5) is 21.1. The molecule has 0 bridgehead atoms. The Morgan fingerprint density at radius 2 is 1.62 bits per heavy atom. The Labute approximate surface area is 143 Å². The van der Waals surface area contributed by atoms with Gasteiger partial charge in [0.25, 0.3) is 0 Å². The summed E-state index contributed by atoms with van der Waals surface area (Å²) in [5.41, 5.74) is 1.38. The zero-order valence-electron chi connectivity index (χ0n) is 12.6. The number of thioether (sulfide) groups is 1. The molecule has 0 spiro atoms. The lowest BCUT2D eigenvalue weighted by Crippen LogP contribution is -2.19. The molecule has 0 saturated heterocycles. The fraction of sp³-hybridized carbons (Fsp3) is 0.0556. The van der Waals surface area contributed by atoms with Crippen molar-refractivity contribution in [1.82, 2.24) is 9.97 Å². The SMILES string of the molecule is O=C(Nc1ccc(F)cc1)[C@H](Sc1ncccn1)c1ccccc1. The number of rotatable bonds is 5. The first-order valence-electron chi connectivity index (χ1n) is 7.27. The minimum atomic E-state index is -0.515. The highest BCUT2D eigenvalue weighted by molar-refractivity contribution is 8.00. The lowest BCUT2D eigenvalue weighted by Gasteiger charge is -2.16. The molecule has 120 valence electrons. The van der Waals surface area contributed by atoms with Crippen LogP contribution in [-0.2, 0) is 4.79 Å². The second-order valence-electron chi connectivity index (χ2n) is 4.94. The van der Waals surface area contributed by atoms with Crippen molar-refractivity contribution in [3.8, 4) is 0 Å². The third-order valence-electron chi connectivity index (χ3n) is 3.22. The Bertz CT molecular complexity index is 798. The first-order chi connectivity index (χ1) is 11.7. The Balaban J connectivity index is 1.83. The zero-order valence-corrected chi connectivity index (χ0v) is 13.4. The van der Waals surface area contributed by atoms with Gasteiger partial charge >= 0.3 is 0 Å². The van der Waals surface area contributed by atoms with Crippen molar-refractivity contribution in [2.75, 3.05) is 5.32 Å². The maximum atomic E-state index is 13.0. The van der Waals surface area contributed by atoms with E-state index in [2.05, 4.69) is 15.3 Å². The topological polar surface area (TPSA) is 54.9 Å². The zero-order chi connectivity index (χ0) is 16.8. The number of halogens is 1. The van der Waals surface area contributed by atoms with Crippen LogP contribution >= 0.6 is 11.8 Å². The molecule has 2 aromatic carbocycles. The molecule has 0 unspecified atom stereocenters. The first-order valence-corrected chi connectivity index (χ1v) is 8.15. The maximum absolute atomic E-state index is 13.0. The largest absolute Gasteiger partial charge is 0.325 e. The number of amides is 1. The summed E-state index contributed by atoms with van der Waals surface area (Å²) in [6.45, 7) is 0. The minimum Gasteiger partial charge on any atom is -0.325 e. The molecule has 0 aliphatic heterocycles. The summed E-state index contributed by atoms with van der Waals surface area (Å²) in [7, 11) is 0. The fourth-order valence-electron chi connectivity index (χ4n) is 2.09. The van der Waals surface area contributed by atoms with Crippen molar-refractivity contribution in [3.05, 3.63) is 84.4 Å². The lowest BCUT2D eigenvalue weighted by atomic mass is 10.1. The second-order valence-corrected chi connectivity index (χ2v) is 6.01. The third-order valence-corrected chi connectivity index (χ3v) is 4.36. The molecule has 4 nitrogen and oxygen atoms in total. The molecule has 1 aromatic heterocycles. The molecule has 6 heteroatoms. The van der Waals surface area contributed by atoms with Crippen LogP contribution in [0.25, 0.3) is 0 Å². The van der Waals surface area contributed by atoms with Crippen LogP contribution in [0.3, 0.4) is 0 Å². The molecule has 0 aliphatic rings. The van der Waals surface area contributed by atoms with Crippen LogP contribution in [0.1, 0.15) is 10.8 Å². The van der Waals surface area contributed by atoms with E-state index in [0.717, 1.165) is 5.56 Å². The van der Waals surface area contributed by atoms with Crippen molar-refractivity contribution >= 4 is 23.4 Å². The molecule has 1 atom stereocenters. The van der Waals surface area contributed by atoms with Gasteiger partial charge in [-0.3, -0.25) is 4.79 Å². The summed E-state index contributed by atoms with van der Waals surface area (Å²) in [6, 6.07) is 16.8. The normalized spacial score (nSPS) is 11.7. The first kappa shape index (κ1) is 16.1. The van der Waals surface area contributed by atoms with E-state index in [0.29, 0.717) is 10.8 Å². The summed E-state index contributed by atoms with van der Waals surface area (Å²) in [6.07, 6.45) is 3.27. The van der Waals surface area contributed by atoms with Gasteiger partial charge < -0.3 is 5.32 Å². The van der Waals surface area contributed by atoms with Gasteiger partial charge in [-0.15, -0.1) is 0 Å². The van der Waals surface area contributed by atoms with Crippen LogP contribution in [0.5, 0.6) is 0 Å². The average molecular weight is 339 g/mol. The number of benzene rings is 2. The van der Waals surface area contributed by atoms with Crippen LogP contribution in [-0.4, -0.2) is 15.9 Å². The van der Waals surface area contributed by atoms with Crippen molar-refractivity contribution in [2.45, 2.75) is 10.4 Å². The smallest absolute Gasteiger partial charge is 0.242 e. The van der Waals surface area contributed by atoms with Crippen LogP contribution < -0.4 is 5.32 Å². The number of aromatic nitrogens is 2. The number of carbonyl (C=O) groups is 1. The molecule has 1 heterocycles.